The Balaban J connectivity index is 2.52. The van der Waals surface area contributed by atoms with Crippen LogP contribution in [0.25, 0.3) is 0 Å². The quantitative estimate of drug-likeness (QED) is 0.472. The Morgan fingerprint density at radius 2 is 2.15 bits per heavy atom. The number of nitrogens with one attached hydrogen (secondary N) is 1. The molecule has 1 amide bonds. The van der Waals surface area contributed by atoms with Crippen molar-refractivity contribution in [2.24, 2.45) is 0 Å². The number of rotatable bonds is 7. The molecule has 0 radical (unpaired) electrons. The minimum Gasteiger partial charge on any atom is -0.477 e. The van der Waals surface area contributed by atoms with Gasteiger partial charge in [0.2, 0.25) is 0 Å². The van der Waals surface area contributed by atoms with Crippen LogP contribution in [-0.2, 0) is 4.79 Å². The number of hydrogen-bond acceptors (Lipinski definition) is 6. The molecule has 0 aliphatic carbocycles. The van der Waals surface area contributed by atoms with Crippen molar-refractivity contribution in [2.75, 3.05) is 19.8 Å². The number of nitro benzene ring substituents is 1. The second kappa shape index (κ2) is 6.83. The molecule has 0 aliphatic rings. The maximum absolute atomic E-state index is 11.5. The van der Waals surface area contributed by atoms with Crippen LogP contribution in [0, 0.1) is 10.1 Å². The fourth-order valence-corrected chi connectivity index (χ4v) is 1.27. The molecule has 0 heterocycles. The molecule has 0 aromatic heterocycles. The predicted octanol–water partition coefficient (Wildman–Crippen LogP) is -0.167. The SMILES string of the molecule is CC(O)(CO)CNC(=O)COc1ccccc1[N+](=O)[O-]. The van der Waals surface area contributed by atoms with Crippen LogP contribution >= 0.6 is 0 Å². The lowest BCUT2D eigenvalue weighted by molar-refractivity contribution is -0.385. The highest BCUT2D eigenvalue weighted by Gasteiger charge is 2.20. The topological polar surface area (TPSA) is 122 Å². The number of amides is 1. The molecule has 1 unspecified atom stereocenters. The van der Waals surface area contributed by atoms with Gasteiger partial charge in [-0.05, 0) is 13.0 Å². The molecule has 1 rings (SSSR count). The van der Waals surface area contributed by atoms with Crippen LogP contribution in [0.2, 0.25) is 0 Å². The monoisotopic (exact) mass is 284 g/mol. The van der Waals surface area contributed by atoms with Gasteiger partial charge in [-0.1, -0.05) is 12.1 Å². The molecule has 0 fully saturated rings. The van der Waals surface area contributed by atoms with E-state index in [1.54, 1.807) is 6.07 Å². The molecular weight excluding hydrogens is 268 g/mol. The first-order valence-electron chi connectivity index (χ1n) is 5.82. The summed E-state index contributed by atoms with van der Waals surface area (Å²) in [6.45, 7) is 0.281. The molecular formula is C12H16N2O6. The van der Waals surface area contributed by atoms with Gasteiger partial charge >= 0.3 is 5.69 Å². The van der Waals surface area contributed by atoms with Gasteiger partial charge in [-0.25, -0.2) is 0 Å². The lowest BCUT2D eigenvalue weighted by Gasteiger charge is -2.20. The number of aliphatic hydroxyl groups is 2. The molecule has 1 aromatic carbocycles. The van der Waals surface area contributed by atoms with E-state index in [-0.39, 0.29) is 18.0 Å². The van der Waals surface area contributed by atoms with E-state index >= 15 is 0 Å². The summed E-state index contributed by atoms with van der Waals surface area (Å²) >= 11 is 0. The molecule has 0 saturated heterocycles. The Morgan fingerprint density at radius 3 is 2.75 bits per heavy atom. The first-order chi connectivity index (χ1) is 9.35. The number of aliphatic hydroxyl groups excluding tert-OH is 1. The zero-order valence-corrected chi connectivity index (χ0v) is 10.9. The molecule has 1 aromatic rings. The van der Waals surface area contributed by atoms with Crippen LogP contribution in [-0.4, -0.2) is 46.4 Å². The van der Waals surface area contributed by atoms with Crippen LogP contribution in [0.4, 0.5) is 5.69 Å². The van der Waals surface area contributed by atoms with Crippen LogP contribution in [0.3, 0.4) is 0 Å². The smallest absolute Gasteiger partial charge is 0.310 e. The highest BCUT2D eigenvalue weighted by Crippen LogP contribution is 2.25. The highest BCUT2D eigenvalue weighted by atomic mass is 16.6. The minimum atomic E-state index is -1.42. The normalized spacial score (nSPS) is 13.3. The molecule has 8 nitrogen and oxygen atoms in total. The lowest BCUT2D eigenvalue weighted by atomic mass is 10.1. The molecule has 110 valence electrons. The van der Waals surface area contributed by atoms with Crippen LogP contribution in [0.1, 0.15) is 6.92 Å². The first kappa shape index (κ1) is 15.9. The summed E-state index contributed by atoms with van der Waals surface area (Å²) in [5.41, 5.74) is -1.66. The van der Waals surface area contributed by atoms with Crippen molar-refractivity contribution in [3.8, 4) is 5.75 Å². The third kappa shape index (κ3) is 4.82. The molecule has 0 saturated carbocycles. The summed E-state index contributed by atoms with van der Waals surface area (Å²) in [7, 11) is 0. The number of carbonyl (C=O) groups is 1. The van der Waals surface area contributed by atoms with Crippen LogP contribution in [0.15, 0.2) is 24.3 Å². The molecule has 3 N–H and O–H groups in total. The van der Waals surface area contributed by atoms with E-state index < -0.39 is 29.6 Å². The first-order valence-corrected chi connectivity index (χ1v) is 5.82. The average molecular weight is 284 g/mol. The summed E-state index contributed by atoms with van der Waals surface area (Å²) in [6.07, 6.45) is 0. The van der Waals surface area contributed by atoms with E-state index in [0.717, 1.165) is 0 Å². The Hall–Kier alpha value is -2.19. The Kier molecular flexibility index (Phi) is 5.42. The molecule has 0 spiro atoms. The van der Waals surface area contributed by atoms with Crippen molar-refractivity contribution in [1.82, 2.24) is 5.32 Å². The van der Waals surface area contributed by atoms with E-state index in [1.165, 1.54) is 25.1 Å². The maximum atomic E-state index is 11.5. The lowest BCUT2D eigenvalue weighted by Crippen LogP contribution is -2.44. The number of ether oxygens (including phenoxy) is 1. The summed E-state index contributed by atoms with van der Waals surface area (Å²) < 4.78 is 5.06. The van der Waals surface area contributed by atoms with Gasteiger partial charge in [-0.15, -0.1) is 0 Å². The van der Waals surface area contributed by atoms with Crippen molar-refractivity contribution in [3.63, 3.8) is 0 Å². The third-order valence-electron chi connectivity index (χ3n) is 2.43. The summed E-state index contributed by atoms with van der Waals surface area (Å²) in [4.78, 5) is 21.6. The Morgan fingerprint density at radius 1 is 1.50 bits per heavy atom. The van der Waals surface area contributed by atoms with Crippen molar-refractivity contribution < 1.29 is 24.7 Å². The van der Waals surface area contributed by atoms with Crippen molar-refractivity contribution in [1.29, 1.82) is 0 Å². The second-order valence-electron chi connectivity index (χ2n) is 4.45. The second-order valence-corrected chi connectivity index (χ2v) is 4.45. The molecule has 0 aliphatic heterocycles. The van der Waals surface area contributed by atoms with E-state index in [0.29, 0.717) is 0 Å². The molecule has 20 heavy (non-hydrogen) atoms. The van der Waals surface area contributed by atoms with Gasteiger partial charge in [0, 0.05) is 12.6 Å². The fourth-order valence-electron chi connectivity index (χ4n) is 1.27. The minimum absolute atomic E-state index is 0.0124. The van der Waals surface area contributed by atoms with Crippen LogP contribution < -0.4 is 10.1 Å². The van der Waals surface area contributed by atoms with Gasteiger partial charge in [0.05, 0.1) is 11.5 Å². The van der Waals surface area contributed by atoms with Crippen LogP contribution in [0.5, 0.6) is 5.75 Å². The van der Waals surface area contributed by atoms with E-state index in [2.05, 4.69) is 5.32 Å². The molecule has 8 heteroatoms. The summed E-state index contributed by atoms with van der Waals surface area (Å²) in [5, 5.41) is 31.4. The number of hydrogen-bond donors (Lipinski definition) is 3. The van der Waals surface area contributed by atoms with E-state index in [4.69, 9.17) is 9.84 Å². The summed E-state index contributed by atoms with van der Waals surface area (Å²) in [6, 6.07) is 5.69. The standard InChI is InChI=1S/C12H16N2O6/c1-12(17,8-15)7-13-11(16)6-20-10-5-3-2-4-9(10)14(18)19/h2-5,15,17H,6-8H2,1H3,(H,13,16). The Labute approximate surface area is 115 Å². The van der Waals surface area contributed by atoms with Crippen molar-refractivity contribution in [2.45, 2.75) is 12.5 Å². The van der Waals surface area contributed by atoms with E-state index in [1.807, 2.05) is 0 Å². The zero-order valence-electron chi connectivity index (χ0n) is 10.9. The number of nitrogens with zero attached hydrogens (tertiary/aromatic N) is 1. The number of carbonyl (C=O) groups excluding carboxylic acids is 1. The molecule has 0 bridgehead atoms. The summed E-state index contributed by atoms with van der Waals surface area (Å²) in [5.74, 6) is -0.571. The van der Waals surface area contributed by atoms with Gasteiger partial charge in [0.15, 0.2) is 12.4 Å². The number of para-hydroxylation sites is 2. The van der Waals surface area contributed by atoms with Gasteiger partial charge in [-0.3, -0.25) is 14.9 Å². The van der Waals surface area contributed by atoms with E-state index in [9.17, 15) is 20.0 Å². The fraction of sp³-hybridized carbons (Fsp3) is 0.417. The predicted molar refractivity (Wildman–Crippen MR) is 69.3 cm³/mol. The van der Waals surface area contributed by atoms with Gasteiger partial charge in [-0.2, -0.15) is 0 Å². The van der Waals surface area contributed by atoms with Crippen molar-refractivity contribution in [3.05, 3.63) is 34.4 Å². The number of nitro groups is 1. The van der Waals surface area contributed by atoms with Crippen molar-refractivity contribution >= 4 is 11.6 Å². The Bertz CT molecular complexity index is 489. The average Bonchev–Trinajstić information content (AvgIpc) is 2.43. The number of benzene rings is 1. The third-order valence-corrected chi connectivity index (χ3v) is 2.43. The molecule has 1 atom stereocenters. The van der Waals surface area contributed by atoms with Gasteiger partial charge < -0.3 is 20.3 Å². The highest BCUT2D eigenvalue weighted by molar-refractivity contribution is 5.77. The maximum Gasteiger partial charge on any atom is 0.310 e. The van der Waals surface area contributed by atoms with Gasteiger partial charge in [0.1, 0.15) is 5.60 Å². The largest absolute Gasteiger partial charge is 0.477 e. The van der Waals surface area contributed by atoms with Gasteiger partial charge in [0.25, 0.3) is 5.91 Å². The zero-order chi connectivity index (χ0) is 15.2.